The van der Waals surface area contributed by atoms with E-state index in [1.807, 2.05) is 0 Å². The summed E-state index contributed by atoms with van der Waals surface area (Å²) in [5, 5.41) is -0.0705. The van der Waals surface area contributed by atoms with Crippen molar-refractivity contribution in [2.45, 2.75) is 4.90 Å². The Morgan fingerprint density at radius 1 is 1.20 bits per heavy atom. The zero-order valence-corrected chi connectivity index (χ0v) is 13.5. The van der Waals surface area contributed by atoms with E-state index in [0.29, 0.717) is 4.47 Å². The van der Waals surface area contributed by atoms with Gasteiger partial charge < -0.3 is 0 Å². The number of pyridine rings is 1. The summed E-state index contributed by atoms with van der Waals surface area (Å²) >= 11 is 15.0. The number of hydrogen-bond acceptors (Lipinski definition) is 3. The zero-order valence-electron chi connectivity index (χ0n) is 9.57. The van der Waals surface area contributed by atoms with Gasteiger partial charge in [0.05, 0.1) is 21.9 Å². The summed E-state index contributed by atoms with van der Waals surface area (Å²) in [6.45, 7) is 0. The predicted molar refractivity (Wildman–Crippen MR) is 79.2 cm³/mol. The van der Waals surface area contributed by atoms with Crippen LogP contribution in [-0.2, 0) is 10.0 Å². The maximum atomic E-state index is 12.7. The number of hydrogen-bond donors (Lipinski definition) is 1. The minimum atomic E-state index is -4.00. The minimum absolute atomic E-state index is 0.0352. The van der Waals surface area contributed by atoms with Crippen LogP contribution in [0.1, 0.15) is 0 Å². The molecule has 0 aliphatic heterocycles. The van der Waals surface area contributed by atoms with Crippen molar-refractivity contribution in [1.29, 1.82) is 0 Å². The molecule has 2 aromatic rings. The van der Waals surface area contributed by atoms with Crippen LogP contribution in [0, 0.1) is 5.95 Å². The molecule has 0 amide bonds. The van der Waals surface area contributed by atoms with E-state index >= 15 is 0 Å². The van der Waals surface area contributed by atoms with E-state index in [1.54, 1.807) is 0 Å². The first-order chi connectivity index (χ1) is 9.29. The Bertz CT molecular complexity index is 731. The Labute approximate surface area is 133 Å². The first-order valence-corrected chi connectivity index (χ1v) is 8.12. The number of nitrogens with one attached hydrogen (secondary N) is 1. The minimum Gasteiger partial charge on any atom is -0.278 e. The largest absolute Gasteiger partial charge is 0.278 e. The smallest absolute Gasteiger partial charge is 0.264 e. The highest BCUT2D eigenvalue weighted by Crippen LogP contribution is 2.33. The van der Waals surface area contributed by atoms with Crippen molar-refractivity contribution in [3.05, 3.63) is 50.9 Å². The molecule has 106 valence electrons. The van der Waals surface area contributed by atoms with Crippen molar-refractivity contribution in [2.24, 2.45) is 0 Å². The molecule has 1 N–H and O–H groups in total. The lowest BCUT2D eigenvalue weighted by molar-refractivity contribution is 0.583. The molecule has 0 atom stereocenters. The van der Waals surface area contributed by atoms with Crippen molar-refractivity contribution in [1.82, 2.24) is 4.98 Å². The molecule has 1 aromatic heterocycles. The van der Waals surface area contributed by atoms with Crippen molar-refractivity contribution in [3.63, 3.8) is 0 Å². The van der Waals surface area contributed by atoms with E-state index in [4.69, 9.17) is 23.2 Å². The van der Waals surface area contributed by atoms with Gasteiger partial charge in [-0.2, -0.15) is 4.39 Å². The van der Waals surface area contributed by atoms with Gasteiger partial charge in [-0.05, 0) is 24.3 Å². The number of rotatable bonds is 3. The van der Waals surface area contributed by atoms with Crippen LogP contribution in [0.15, 0.2) is 39.8 Å². The van der Waals surface area contributed by atoms with E-state index in [0.717, 1.165) is 12.3 Å². The van der Waals surface area contributed by atoms with Gasteiger partial charge in [-0.15, -0.1) is 0 Å². The summed E-state index contributed by atoms with van der Waals surface area (Å²) in [4.78, 5) is 3.09. The summed E-state index contributed by atoms with van der Waals surface area (Å²) in [7, 11) is -4.00. The number of anilines is 1. The lowest BCUT2D eigenvalue weighted by Crippen LogP contribution is -2.14. The normalized spacial score (nSPS) is 11.4. The molecule has 0 fully saturated rings. The van der Waals surface area contributed by atoms with Gasteiger partial charge in [0.15, 0.2) is 0 Å². The predicted octanol–water partition coefficient (Wildman–Crippen LogP) is 4.09. The third-order valence-corrected chi connectivity index (χ3v) is 4.97. The SMILES string of the molecule is O=S(=O)(Nc1ccc(F)nc1)c1c(Cl)cc(Br)cc1Cl. The fourth-order valence-corrected chi connectivity index (χ4v) is 4.41. The Hall–Kier alpha value is -0.890. The molecule has 2 rings (SSSR count). The van der Waals surface area contributed by atoms with E-state index in [1.165, 1.54) is 18.2 Å². The molecular formula is C11H6BrCl2FN2O2S. The maximum absolute atomic E-state index is 12.7. The second kappa shape index (κ2) is 5.85. The van der Waals surface area contributed by atoms with Crippen LogP contribution >= 0.6 is 39.1 Å². The Morgan fingerprint density at radius 3 is 2.30 bits per heavy atom. The number of benzene rings is 1. The average molecular weight is 400 g/mol. The molecule has 0 unspecified atom stereocenters. The van der Waals surface area contributed by atoms with Gasteiger partial charge in [0, 0.05) is 4.47 Å². The molecule has 0 saturated heterocycles. The van der Waals surface area contributed by atoms with Gasteiger partial charge in [-0.25, -0.2) is 13.4 Å². The van der Waals surface area contributed by atoms with Crippen LogP contribution in [-0.4, -0.2) is 13.4 Å². The summed E-state index contributed by atoms with van der Waals surface area (Å²) in [5.74, 6) is -0.715. The van der Waals surface area contributed by atoms with E-state index in [2.05, 4.69) is 25.6 Å². The van der Waals surface area contributed by atoms with Gasteiger partial charge >= 0.3 is 0 Å². The highest BCUT2D eigenvalue weighted by atomic mass is 79.9. The molecule has 0 aliphatic carbocycles. The van der Waals surface area contributed by atoms with Crippen LogP contribution in [0.3, 0.4) is 0 Å². The second-order valence-electron chi connectivity index (χ2n) is 3.67. The zero-order chi connectivity index (χ0) is 14.9. The molecule has 0 saturated carbocycles. The van der Waals surface area contributed by atoms with Crippen LogP contribution < -0.4 is 4.72 Å². The lowest BCUT2D eigenvalue weighted by atomic mass is 10.4. The van der Waals surface area contributed by atoms with E-state index < -0.39 is 16.0 Å². The molecule has 20 heavy (non-hydrogen) atoms. The van der Waals surface area contributed by atoms with Gasteiger partial charge in [-0.3, -0.25) is 4.72 Å². The van der Waals surface area contributed by atoms with E-state index in [9.17, 15) is 12.8 Å². The molecule has 4 nitrogen and oxygen atoms in total. The molecule has 0 spiro atoms. The highest BCUT2D eigenvalue weighted by molar-refractivity contribution is 9.10. The monoisotopic (exact) mass is 398 g/mol. The fourth-order valence-electron chi connectivity index (χ4n) is 1.43. The molecule has 0 aliphatic rings. The Morgan fingerprint density at radius 2 is 1.80 bits per heavy atom. The maximum Gasteiger partial charge on any atom is 0.264 e. The highest BCUT2D eigenvalue weighted by Gasteiger charge is 2.22. The molecule has 1 aromatic carbocycles. The van der Waals surface area contributed by atoms with Crippen LogP contribution in [0.4, 0.5) is 10.1 Å². The van der Waals surface area contributed by atoms with Crippen molar-refractivity contribution >= 4 is 54.8 Å². The van der Waals surface area contributed by atoms with Gasteiger partial charge in [-0.1, -0.05) is 39.1 Å². The third-order valence-electron chi connectivity index (χ3n) is 2.21. The second-order valence-corrected chi connectivity index (χ2v) is 7.02. The van der Waals surface area contributed by atoms with Gasteiger partial charge in [0.25, 0.3) is 10.0 Å². The summed E-state index contributed by atoms with van der Waals surface area (Å²) in [5.41, 5.74) is 0.0986. The molecular weight excluding hydrogens is 394 g/mol. The number of nitrogens with zero attached hydrogens (tertiary/aromatic N) is 1. The quantitative estimate of drug-likeness (QED) is 0.790. The third kappa shape index (κ3) is 3.41. The van der Waals surface area contributed by atoms with Gasteiger partial charge in [0.2, 0.25) is 5.95 Å². The van der Waals surface area contributed by atoms with Crippen LogP contribution in [0.5, 0.6) is 0 Å². The van der Waals surface area contributed by atoms with Crippen LogP contribution in [0.2, 0.25) is 10.0 Å². The van der Waals surface area contributed by atoms with Crippen molar-refractivity contribution in [2.75, 3.05) is 4.72 Å². The molecule has 0 bridgehead atoms. The Kier molecular flexibility index (Phi) is 4.53. The number of sulfonamides is 1. The molecule has 9 heteroatoms. The molecule has 0 radical (unpaired) electrons. The summed E-state index contributed by atoms with van der Waals surface area (Å²) < 4.78 is 39.9. The Balaban J connectivity index is 2.43. The first-order valence-electron chi connectivity index (χ1n) is 5.08. The number of halogens is 4. The van der Waals surface area contributed by atoms with Crippen molar-refractivity contribution < 1.29 is 12.8 Å². The molecule has 1 heterocycles. The average Bonchev–Trinajstić information content (AvgIpc) is 2.30. The summed E-state index contributed by atoms with van der Waals surface area (Å²) in [6, 6.07) is 5.08. The lowest BCUT2D eigenvalue weighted by Gasteiger charge is -2.11. The van der Waals surface area contributed by atoms with E-state index in [-0.39, 0.29) is 20.6 Å². The van der Waals surface area contributed by atoms with Crippen molar-refractivity contribution in [3.8, 4) is 0 Å². The fraction of sp³-hybridized carbons (Fsp3) is 0. The summed E-state index contributed by atoms with van der Waals surface area (Å²) in [6.07, 6.45) is 1.05. The standard InChI is InChI=1S/C11H6BrCl2FN2O2S/c12-6-3-8(13)11(9(14)4-6)20(18,19)17-7-1-2-10(15)16-5-7/h1-5,17H. The van der Waals surface area contributed by atoms with Crippen LogP contribution in [0.25, 0.3) is 0 Å². The topological polar surface area (TPSA) is 59.1 Å². The van der Waals surface area contributed by atoms with Gasteiger partial charge in [0.1, 0.15) is 4.90 Å². The number of aromatic nitrogens is 1. The first kappa shape index (κ1) is 15.5.